The van der Waals surface area contributed by atoms with Gasteiger partial charge >= 0.3 is 0 Å². The predicted molar refractivity (Wildman–Crippen MR) is 85.1 cm³/mol. The zero-order valence-electron chi connectivity index (χ0n) is 12.6. The number of halogens is 1. The van der Waals surface area contributed by atoms with Crippen molar-refractivity contribution in [3.8, 4) is 5.75 Å². The molecule has 4 heteroatoms. The first-order valence-electron chi connectivity index (χ1n) is 8.09. The number of nitrogens with zero attached hydrogens (tertiary/aromatic N) is 1. The second-order valence-corrected chi connectivity index (χ2v) is 7.27. The summed E-state index contributed by atoms with van der Waals surface area (Å²) < 4.78 is 5.83. The molecule has 1 aromatic carbocycles. The molecule has 2 saturated heterocycles. The number of nitrogens with one attached hydrogen (secondary N) is 1. The van der Waals surface area contributed by atoms with Gasteiger partial charge in [0, 0.05) is 41.7 Å². The molecule has 21 heavy (non-hydrogen) atoms. The molecule has 2 fully saturated rings. The van der Waals surface area contributed by atoms with E-state index in [0.717, 1.165) is 42.4 Å². The van der Waals surface area contributed by atoms with Gasteiger partial charge in [0.25, 0.3) is 0 Å². The van der Waals surface area contributed by atoms with Crippen LogP contribution >= 0.6 is 11.6 Å². The first-order chi connectivity index (χ1) is 10.2. The maximum Gasteiger partial charge on any atom is 0.127 e. The fourth-order valence-electron chi connectivity index (χ4n) is 4.25. The molecule has 2 atom stereocenters. The van der Waals surface area contributed by atoms with Crippen LogP contribution in [0.25, 0.3) is 0 Å². The van der Waals surface area contributed by atoms with E-state index >= 15 is 0 Å². The van der Waals surface area contributed by atoms with E-state index in [0.29, 0.717) is 6.04 Å². The topological polar surface area (TPSA) is 24.5 Å². The molecular weight excluding hydrogens is 284 g/mol. The van der Waals surface area contributed by atoms with Crippen molar-refractivity contribution >= 4 is 11.6 Å². The van der Waals surface area contributed by atoms with Gasteiger partial charge in [0.05, 0.1) is 6.61 Å². The highest BCUT2D eigenvalue weighted by atomic mass is 35.5. The average molecular weight is 307 g/mol. The minimum atomic E-state index is 0.680. The summed E-state index contributed by atoms with van der Waals surface area (Å²) in [5, 5.41) is 4.56. The van der Waals surface area contributed by atoms with Crippen molar-refractivity contribution in [3.63, 3.8) is 0 Å². The summed E-state index contributed by atoms with van der Waals surface area (Å²) in [4.78, 5) is 2.50. The quantitative estimate of drug-likeness (QED) is 0.929. The summed E-state index contributed by atoms with van der Waals surface area (Å²) in [5.74, 6) is 1.09. The fourth-order valence-corrected chi connectivity index (χ4v) is 4.51. The van der Waals surface area contributed by atoms with Gasteiger partial charge in [-0.1, -0.05) is 11.6 Å². The molecule has 0 spiro atoms. The molecule has 2 unspecified atom stereocenters. The summed E-state index contributed by atoms with van der Waals surface area (Å²) >= 11 is 6.27. The Morgan fingerprint density at radius 2 is 2.05 bits per heavy atom. The highest BCUT2D eigenvalue weighted by Gasteiger charge is 2.35. The van der Waals surface area contributed by atoms with Crippen LogP contribution < -0.4 is 10.1 Å². The lowest BCUT2D eigenvalue weighted by Gasteiger charge is -2.35. The van der Waals surface area contributed by atoms with E-state index in [4.69, 9.17) is 16.3 Å². The Bertz CT molecular complexity index is 536. The largest absolute Gasteiger partial charge is 0.493 e. The maximum absolute atomic E-state index is 6.27. The van der Waals surface area contributed by atoms with Gasteiger partial charge in [0.1, 0.15) is 5.75 Å². The van der Waals surface area contributed by atoms with Crippen LogP contribution in [0.1, 0.15) is 36.8 Å². The van der Waals surface area contributed by atoms with Crippen LogP contribution in [0.15, 0.2) is 12.1 Å². The smallest absolute Gasteiger partial charge is 0.127 e. The lowest BCUT2D eigenvalue weighted by Crippen LogP contribution is -2.46. The standard InChI is InChI=1S/C17H23ClN2O/c1-20(16-8-14-2-3-15(9-16)19-14)10-12-7-13(18)6-11-4-5-21-17(11)12/h6-7,14-16,19H,2-5,8-10H2,1H3. The third-order valence-electron chi connectivity index (χ3n) is 5.32. The number of piperidine rings is 1. The van der Waals surface area contributed by atoms with Crippen LogP contribution in [-0.2, 0) is 13.0 Å². The van der Waals surface area contributed by atoms with Gasteiger partial charge in [0.15, 0.2) is 0 Å². The van der Waals surface area contributed by atoms with E-state index < -0.39 is 0 Å². The molecule has 114 valence electrons. The minimum Gasteiger partial charge on any atom is -0.493 e. The zero-order chi connectivity index (χ0) is 14.4. The first kappa shape index (κ1) is 13.9. The van der Waals surface area contributed by atoms with E-state index in [1.54, 1.807) is 0 Å². The third kappa shape index (κ3) is 2.67. The van der Waals surface area contributed by atoms with Crippen molar-refractivity contribution in [2.45, 2.75) is 56.8 Å². The van der Waals surface area contributed by atoms with Gasteiger partial charge in [0.2, 0.25) is 0 Å². The summed E-state index contributed by atoms with van der Waals surface area (Å²) in [6.07, 6.45) is 6.24. The second-order valence-electron chi connectivity index (χ2n) is 6.83. The molecular formula is C17H23ClN2O. The van der Waals surface area contributed by atoms with Crippen LogP contribution in [0.3, 0.4) is 0 Å². The Morgan fingerprint density at radius 1 is 1.29 bits per heavy atom. The molecule has 3 heterocycles. The van der Waals surface area contributed by atoms with Crippen LogP contribution in [0, 0.1) is 0 Å². The summed E-state index contributed by atoms with van der Waals surface area (Å²) in [6, 6.07) is 6.28. The van der Waals surface area contributed by atoms with Crippen LogP contribution in [0.2, 0.25) is 5.02 Å². The Labute approximate surface area is 131 Å². The van der Waals surface area contributed by atoms with Crippen molar-refractivity contribution in [2.75, 3.05) is 13.7 Å². The summed E-state index contributed by atoms with van der Waals surface area (Å²) in [7, 11) is 2.25. The molecule has 4 rings (SSSR count). The normalized spacial score (nSPS) is 30.5. The highest BCUT2D eigenvalue weighted by molar-refractivity contribution is 6.30. The summed E-state index contributed by atoms with van der Waals surface area (Å²) in [5.41, 5.74) is 2.53. The van der Waals surface area contributed by atoms with Crippen molar-refractivity contribution in [3.05, 3.63) is 28.3 Å². The van der Waals surface area contributed by atoms with Crippen LogP contribution in [-0.4, -0.2) is 36.7 Å². The van der Waals surface area contributed by atoms with E-state index in [2.05, 4.69) is 29.4 Å². The number of benzene rings is 1. The monoisotopic (exact) mass is 306 g/mol. The molecule has 3 aliphatic heterocycles. The highest BCUT2D eigenvalue weighted by Crippen LogP contribution is 2.35. The Morgan fingerprint density at radius 3 is 2.81 bits per heavy atom. The van der Waals surface area contributed by atoms with Crippen molar-refractivity contribution in [2.24, 2.45) is 0 Å². The van der Waals surface area contributed by atoms with E-state index in [1.165, 1.54) is 36.8 Å². The molecule has 3 nitrogen and oxygen atoms in total. The van der Waals surface area contributed by atoms with Gasteiger partial charge in [-0.15, -0.1) is 0 Å². The zero-order valence-corrected chi connectivity index (χ0v) is 13.3. The number of ether oxygens (including phenoxy) is 1. The molecule has 2 bridgehead atoms. The van der Waals surface area contributed by atoms with Crippen LogP contribution in [0.4, 0.5) is 0 Å². The molecule has 1 aromatic rings. The van der Waals surface area contributed by atoms with Crippen LogP contribution in [0.5, 0.6) is 5.75 Å². The lowest BCUT2D eigenvalue weighted by molar-refractivity contribution is 0.164. The van der Waals surface area contributed by atoms with Gasteiger partial charge < -0.3 is 10.1 Å². The number of rotatable bonds is 3. The SMILES string of the molecule is CN(Cc1cc(Cl)cc2c1OCC2)C1CC2CCC(C1)N2. The number of hydrogen-bond donors (Lipinski definition) is 1. The molecule has 0 amide bonds. The maximum atomic E-state index is 6.27. The Balaban J connectivity index is 1.51. The predicted octanol–water partition coefficient (Wildman–Crippen LogP) is 2.99. The third-order valence-corrected chi connectivity index (χ3v) is 5.53. The van der Waals surface area contributed by atoms with E-state index in [-0.39, 0.29) is 0 Å². The lowest BCUT2D eigenvalue weighted by atomic mass is 9.98. The minimum absolute atomic E-state index is 0.680. The molecule has 1 N–H and O–H groups in total. The van der Waals surface area contributed by atoms with E-state index in [9.17, 15) is 0 Å². The van der Waals surface area contributed by atoms with Gasteiger partial charge in [-0.05, 0) is 50.4 Å². The fraction of sp³-hybridized carbons (Fsp3) is 0.647. The second kappa shape index (κ2) is 5.45. The van der Waals surface area contributed by atoms with Gasteiger partial charge in [-0.3, -0.25) is 4.90 Å². The number of hydrogen-bond acceptors (Lipinski definition) is 3. The average Bonchev–Trinajstić information content (AvgIpc) is 3.05. The van der Waals surface area contributed by atoms with Gasteiger partial charge in [-0.2, -0.15) is 0 Å². The molecule has 0 saturated carbocycles. The summed E-state index contributed by atoms with van der Waals surface area (Å²) in [6.45, 7) is 1.73. The first-order valence-corrected chi connectivity index (χ1v) is 8.47. The van der Waals surface area contributed by atoms with Crippen molar-refractivity contribution in [1.29, 1.82) is 0 Å². The molecule has 0 aliphatic carbocycles. The Hall–Kier alpha value is -0.770. The van der Waals surface area contributed by atoms with Crippen molar-refractivity contribution < 1.29 is 4.74 Å². The Kier molecular flexibility index (Phi) is 3.60. The molecule has 3 aliphatic rings. The molecule has 0 aromatic heterocycles. The van der Waals surface area contributed by atoms with Crippen molar-refractivity contribution in [1.82, 2.24) is 10.2 Å². The van der Waals surface area contributed by atoms with Gasteiger partial charge in [-0.25, -0.2) is 0 Å². The molecule has 0 radical (unpaired) electrons. The number of fused-ring (bicyclic) bond motifs is 3. The van der Waals surface area contributed by atoms with E-state index in [1.807, 2.05) is 0 Å².